The van der Waals surface area contributed by atoms with Crippen molar-refractivity contribution in [2.45, 2.75) is 13.3 Å². The lowest BCUT2D eigenvalue weighted by molar-refractivity contribution is 0.147. The van der Waals surface area contributed by atoms with E-state index in [1.54, 1.807) is 6.07 Å². The van der Waals surface area contributed by atoms with Gasteiger partial charge in [-0.3, -0.25) is 0 Å². The molecule has 0 atom stereocenters. The summed E-state index contributed by atoms with van der Waals surface area (Å²) in [6.45, 7) is -1.30. The van der Waals surface area contributed by atoms with Crippen LogP contribution in [0.2, 0.25) is 10.0 Å². The second-order valence-electron chi connectivity index (χ2n) is 6.23. The van der Waals surface area contributed by atoms with Gasteiger partial charge in [0.15, 0.2) is 0 Å². The predicted octanol–water partition coefficient (Wildman–Crippen LogP) is 8.40. The third-order valence-electron chi connectivity index (χ3n) is 3.95. The zero-order valence-electron chi connectivity index (χ0n) is 18.5. The predicted molar refractivity (Wildman–Crippen MR) is 135 cm³/mol. The van der Waals surface area contributed by atoms with E-state index in [0.717, 1.165) is 0 Å². The van der Waals surface area contributed by atoms with Crippen LogP contribution in [0.4, 0.5) is 24.8 Å². The summed E-state index contributed by atoms with van der Waals surface area (Å²) < 4.78 is 85.2. The standard InChI is InChI=1S/C7H4BrClF2.C7H5BrClFO.C6H14F3NO2S/c8-5-1-2-6(9)7(11)4(5)3-10;8-5-1-2-6(9)7(10)4(5)3-11;1-11-5-3-10(4-6-12-2)13(7,8)9/h1-2H,3H2;1-2,11H,3H2;3-6H2,1-2H3. The Morgan fingerprint density at radius 1 is 0.857 bits per heavy atom. The van der Waals surface area contributed by atoms with Gasteiger partial charge in [-0.1, -0.05) is 55.1 Å². The average Bonchev–Trinajstić information content (AvgIpc) is 2.80. The highest BCUT2D eigenvalue weighted by Gasteiger charge is 2.30. The Balaban J connectivity index is 0.000000497. The van der Waals surface area contributed by atoms with Crippen molar-refractivity contribution in [2.24, 2.45) is 0 Å². The summed E-state index contributed by atoms with van der Waals surface area (Å²) >= 11 is 11.8. The monoisotopic (exact) mass is 699 g/mol. The van der Waals surface area contributed by atoms with Gasteiger partial charge in [-0.2, -0.15) is 4.31 Å². The number of methoxy groups -OCH3 is 2. The molecule has 0 fully saturated rings. The maximum Gasteiger partial charge on any atom is 0.278 e. The second kappa shape index (κ2) is 18.1. The maximum atomic E-state index is 12.9. The highest BCUT2D eigenvalue weighted by Crippen LogP contribution is 2.56. The molecular formula is C20H23Br2Cl2F6NO3S. The number of aliphatic hydroxyl groups excluding tert-OH is 1. The van der Waals surface area contributed by atoms with E-state index in [2.05, 4.69) is 41.3 Å². The summed E-state index contributed by atoms with van der Waals surface area (Å²) in [5.74, 6) is -1.26. The summed E-state index contributed by atoms with van der Waals surface area (Å²) in [5, 5.41) is 8.67. The van der Waals surface area contributed by atoms with Gasteiger partial charge >= 0.3 is 0 Å². The van der Waals surface area contributed by atoms with Crippen molar-refractivity contribution in [2.75, 3.05) is 40.5 Å². The number of aliphatic hydroxyl groups is 1. The van der Waals surface area contributed by atoms with Crippen molar-refractivity contribution in [1.29, 1.82) is 0 Å². The van der Waals surface area contributed by atoms with E-state index in [1.807, 2.05) is 0 Å². The summed E-state index contributed by atoms with van der Waals surface area (Å²) in [5.41, 5.74) is 0.162. The van der Waals surface area contributed by atoms with Crippen molar-refractivity contribution < 1.29 is 39.4 Å². The minimum Gasteiger partial charge on any atom is -0.392 e. The molecule has 0 bridgehead atoms. The molecule has 2 aromatic carbocycles. The molecule has 35 heavy (non-hydrogen) atoms. The molecule has 1 N–H and O–H groups in total. The molecule has 0 amide bonds. The largest absolute Gasteiger partial charge is 0.392 e. The van der Waals surface area contributed by atoms with E-state index in [0.29, 0.717) is 13.3 Å². The van der Waals surface area contributed by atoms with Crippen LogP contribution in [0, 0.1) is 11.6 Å². The molecule has 4 nitrogen and oxygen atoms in total. The Kier molecular flexibility index (Phi) is 17.9. The Morgan fingerprint density at radius 3 is 1.54 bits per heavy atom. The van der Waals surface area contributed by atoms with Crippen LogP contribution in [0.1, 0.15) is 11.1 Å². The lowest BCUT2D eigenvalue weighted by Gasteiger charge is -2.26. The van der Waals surface area contributed by atoms with Crippen molar-refractivity contribution >= 4 is 66.4 Å². The first kappa shape index (κ1) is 34.8. The lowest BCUT2D eigenvalue weighted by Crippen LogP contribution is -2.28. The molecule has 0 aliphatic heterocycles. The number of halogens is 10. The van der Waals surface area contributed by atoms with Crippen molar-refractivity contribution in [3.63, 3.8) is 0 Å². The zero-order chi connectivity index (χ0) is 27.2. The van der Waals surface area contributed by atoms with Crippen molar-refractivity contribution in [3.05, 3.63) is 66.0 Å². The van der Waals surface area contributed by atoms with Crippen LogP contribution in [0.3, 0.4) is 0 Å². The molecule has 0 aliphatic rings. The van der Waals surface area contributed by atoms with Gasteiger partial charge in [0.25, 0.3) is 11.4 Å². The molecule has 0 spiro atoms. The van der Waals surface area contributed by atoms with Crippen molar-refractivity contribution in [1.82, 2.24) is 4.31 Å². The molecular weight excluding hydrogens is 679 g/mol. The van der Waals surface area contributed by atoms with Gasteiger partial charge in [0, 0.05) is 47.4 Å². The van der Waals surface area contributed by atoms with Crippen LogP contribution in [-0.4, -0.2) is 49.9 Å². The number of hydrogen-bond donors (Lipinski definition) is 1. The number of hydrogen-bond acceptors (Lipinski definition) is 4. The number of ether oxygens (including phenoxy) is 2. The average molecular weight is 702 g/mol. The van der Waals surface area contributed by atoms with E-state index in [4.69, 9.17) is 28.3 Å². The first-order valence-corrected chi connectivity index (χ1v) is 13.1. The SMILES string of the molecule is COCCN(CCOC)S(F)(F)F.FCc1c(Br)ccc(Cl)c1F.OCc1c(Br)ccc(Cl)c1F. The molecule has 202 valence electrons. The second-order valence-corrected chi connectivity index (χ2v) is 10.0. The zero-order valence-corrected chi connectivity index (χ0v) is 24.0. The quantitative estimate of drug-likeness (QED) is 0.211. The molecule has 2 rings (SSSR count). The fraction of sp³-hybridized carbons (Fsp3) is 0.400. The number of benzene rings is 2. The van der Waals surface area contributed by atoms with Crippen LogP contribution in [0.25, 0.3) is 0 Å². The van der Waals surface area contributed by atoms with Gasteiger partial charge < -0.3 is 14.6 Å². The third kappa shape index (κ3) is 12.7. The Bertz CT molecular complexity index is 851. The Labute approximate surface area is 229 Å². The molecule has 0 saturated carbocycles. The fourth-order valence-electron chi connectivity index (χ4n) is 2.11. The number of nitrogens with zero attached hydrogens (tertiary/aromatic N) is 1. The number of rotatable bonds is 9. The van der Waals surface area contributed by atoms with Gasteiger partial charge in [-0.25, -0.2) is 13.2 Å². The lowest BCUT2D eigenvalue weighted by atomic mass is 10.2. The van der Waals surface area contributed by atoms with E-state index < -0.39 is 29.7 Å². The van der Waals surface area contributed by atoms with Gasteiger partial charge in [-0.15, -0.1) is 11.7 Å². The van der Waals surface area contributed by atoms with E-state index >= 15 is 0 Å². The smallest absolute Gasteiger partial charge is 0.278 e. The highest BCUT2D eigenvalue weighted by molar-refractivity contribution is 9.10. The van der Waals surface area contributed by atoms with Gasteiger partial charge in [0.1, 0.15) is 18.3 Å². The van der Waals surface area contributed by atoms with Crippen LogP contribution in [0.5, 0.6) is 0 Å². The van der Waals surface area contributed by atoms with Gasteiger partial charge in [0.2, 0.25) is 0 Å². The van der Waals surface area contributed by atoms with Crippen molar-refractivity contribution in [3.8, 4) is 0 Å². The summed E-state index contributed by atoms with van der Waals surface area (Å²) in [4.78, 5) is 0. The van der Waals surface area contributed by atoms with Crippen LogP contribution >= 0.6 is 66.4 Å². The first-order valence-electron chi connectivity index (χ1n) is 9.42. The van der Waals surface area contributed by atoms with Crippen LogP contribution in [0.15, 0.2) is 33.2 Å². The van der Waals surface area contributed by atoms with E-state index in [-0.39, 0.29) is 54.1 Å². The molecule has 0 saturated heterocycles. The fourth-order valence-corrected chi connectivity index (χ4v) is 3.87. The van der Waals surface area contributed by atoms with E-state index in [9.17, 15) is 24.8 Å². The summed E-state index contributed by atoms with van der Waals surface area (Å²) in [7, 11) is 2.75. The highest BCUT2D eigenvalue weighted by atomic mass is 79.9. The van der Waals surface area contributed by atoms with Gasteiger partial charge in [-0.05, 0) is 24.3 Å². The Morgan fingerprint density at radius 2 is 1.26 bits per heavy atom. The third-order valence-corrected chi connectivity index (χ3v) is 6.97. The molecule has 2 aromatic rings. The Hall–Kier alpha value is -0.250. The molecule has 15 heteroatoms. The molecule has 0 aromatic heterocycles. The molecule has 0 radical (unpaired) electrons. The summed E-state index contributed by atoms with van der Waals surface area (Å²) in [6.07, 6.45) is 0. The molecule has 0 aliphatic carbocycles. The minimum atomic E-state index is -5.14. The number of alkyl halides is 1. The minimum absolute atomic E-state index is 0.0252. The van der Waals surface area contributed by atoms with E-state index in [1.165, 1.54) is 32.4 Å². The maximum absolute atomic E-state index is 12.9. The van der Waals surface area contributed by atoms with Crippen LogP contribution in [-0.2, 0) is 22.8 Å². The normalized spacial score (nSPS) is 11.5. The summed E-state index contributed by atoms with van der Waals surface area (Å²) in [6, 6.07) is 5.91. The topological polar surface area (TPSA) is 41.9 Å². The molecule has 0 unspecified atom stereocenters. The first-order chi connectivity index (χ1) is 16.3. The molecule has 0 heterocycles. The van der Waals surface area contributed by atoms with Crippen LogP contribution < -0.4 is 0 Å². The van der Waals surface area contributed by atoms with Gasteiger partial charge in [0.05, 0.1) is 29.9 Å².